The zero-order valence-corrected chi connectivity index (χ0v) is 12.8. The first kappa shape index (κ1) is 13.9. The molecule has 0 aromatic heterocycles. The number of nitrogens with one attached hydrogen (secondary N) is 1. The lowest BCUT2D eigenvalue weighted by Gasteiger charge is -2.13. The molecule has 0 atom stereocenters. The highest BCUT2D eigenvalue weighted by molar-refractivity contribution is 7.92. The predicted molar refractivity (Wildman–Crippen MR) is 84.3 cm³/mol. The molecule has 0 amide bonds. The van der Waals surface area contributed by atoms with Gasteiger partial charge in [-0.15, -0.1) is 0 Å². The third-order valence-corrected chi connectivity index (χ3v) is 4.15. The monoisotopic (exact) mass is 303 g/mol. The second-order valence-corrected chi connectivity index (χ2v) is 7.04. The third kappa shape index (κ3) is 2.88. The van der Waals surface area contributed by atoms with Crippen LogP contribution in [-0.2, 0) is 16.4 Å². The van der Waals surface area contributed by atoms with Gasteiger partial charge < -0.3 is 4.74 Å². The number of rotatable bonds is 3. The van der Waals surface area contributed by atoms with Crippen molar-refractivity contribution in [1.29, 1.82) is 0 Å². The molecule has 0 fully saturated rings. The molecule has 0 aliphatic carbocycles. The van der Waals surface area contributed by atoms with E-state index in [0.717, 1.165) is 35.1 Å². The van der Waals surface area contributed by atoms with Gasteiger partial charge in [0.05, 0.1) is 12.9 Å². The SMILES string of the molecule is Cc1ccc(NS(C)(=O)=O)cc1-c1cccc2c1OCC2. The molecule has 1 N–H and O–H groups in total. The van der Waals surface area contributed by atoms with Gasteiger partial charge in [0.2, 0.25) is 10.0 Å². The van der Waals surface area contributed by atoms with Crippen LogP contribution in [0.25, 0.3) is 11.1 Å². The van der Waals surface area contributed by atoms with E-state index >= 15 is 0 Å². The lowest BCUT2D eigenvalue weighted by molar-refractivity contribution is 0.358. The standard InChI is InChI=1S/C16H17NO3S/c1-11-6-7-13(17-21(2,18)19)10-15(11)14-5-3-4-12-8-9-20-16(12)14/h3-7,10,17H,8-9H2,1-2H3. The number of fused-ring (bicyclic) bond motifs is 1. The van der Waals surface area contributed by atoms with E-state index in [2.05, 4.69) is 10.8 Å². The third-order valence-electron chi connectivity index (χ3n) is 3.55. The normalized spacial score (nSPS) is 13.6. The van der Waals surface area contributed by atoms with Crippen LogP contribution in [-0.4, -0.2) is 21.3 Å². The van der Waals surface area contributed by atoms with Gasteiger partial charge in [0.15, 0.2) is 0 Å². The Labute approximate surface area is 124 Å². The summed E-state index contributed by atoms with van der Waals surface area (Å²) in [5.41, 5.74) is 4.85. The molecule has 1 heterocycles. The van der Waals surface area contributed by atoms with E-state index in [1.54, 1.807) is 6.07 Å². The first-order chi connectivity index (χ1) is 9.94. The molecule has 0 saturated heterocycles. The number of hydrogen-bond donors (Lipinski definition) is 1. The Kier molecular flexibility index (Phi) is 3.37. The van der Waals surface area contributed by atoms with E-state index in [1.165, 1.54) is 5.56 Å². The topological polar surface area (TPSA) is 55.4 Å². The first-order valence-electron chi connectivity index (χ1n) is 6.77. The molecular weight excluding hydrogens is 286 g/mol. The van der Waals surface area contributed by atoms with E-state index in [-0.39, 0.29) is 0 Å². The predicted octanol–water partition coefficient (Wildman–Crippen LogP) is 2.97. The number of hydrogen-bond acceptors (Lipinski definition) is 3. The Bertz CT molecular complexity index is 797. The van der Waals surface area contributed by atoms with Crippen molar-refractivity contribution < 1.29 is 13.2 Å². The van der Waals surface area contributed by atoms with Gasteiger partial charge in [-0.2, -0.15) is 0 Å². The number of benzene rings is 2. The van der Waals surface area contributed by atoms with Crippen molar-refractivity contribution in [1.82, 2.24) is 0 Å². The zero-order chi connectivity index (χ0) is 15.0. The van der Waals surface area contributed by atoms with Crippen LogP contribution in [0.2, 0.25) is 0 Å². The average molecular weight is 303 g/mol. The Morgan fingerprint density at radius 1 is 1.14 bits per heavy atom. The van der Waals surface area contributed by atoms with Gasteiger partial charge in [-0.3, -0.25) is 4.72 Å². The minimum atomic E-state index is -3.28. The van der Waals surface area contributed by atoms with E-state index in [1.807, 2.05) is 31.2 Å². The number of para-hydroxylation sites is 1. The zero-order valence-electron chi connectivity index (χ0n) is 12.0. The van der Waals surface area contributed by atoms with Crippen molar-refractivity contribution >= 4 is 15.7 Å². The van der Waals surface area contributed by atoms with E-state index in [9.17, 15) is 8.42 Å². The maximum Gasteiger partial charge on any atom is 0.229 e. The van der Waals surface area contributed by atoms with Gasteiger partial charge >= 0.3 is 0 Å². The summed E-state index contributed by atoms with van der Waals surface area (Å²) in [5, 5.41) is 0. The molecule has 21 heavy (non-hydrogen) atoms. The summed E-state index contributed by atoms with van der Waals surface area (Å²) < 4.78 is 31.0. The fraction of sp³-hybridized carbons (Fsp3) is 0.250. The van der Waals surface area contributed by atoms with Gasteiger partial charge in [-0.05, 0) is 35.7 Å². The van der Waals surface area contributed by atoms with Crippen LogP contribution in [0, 0.1) is 6.92 Å². The maximum atomic E-state index is 11.4. The summed E-state index contributed by atoms with van der Waals surface area (Å²) in [5.74, 6) is 0.914. The van der Waals surface area contributed by atoms with Crippen LogP contribution < -0.4 is 9.46 Å². The second-order valence-electron chi connectivity index (χ2n) is 5.30. The molecule has 1 aliphatic heterocycles. The van der Waals surface area contributed by atoms with Gasteiger partial charge in [0.1, 0.15) is 5.75 Å². The molecule has 0 unspecified atom stereocenters. The maximum absolute atomic E-state index is 11.4. The van der Waals surface area contributed by atoms with Crippen LogP contribution >= 0.6 is 0 Å². The summed E-state index contributed by atoms with van der Waals surface area (Å²) >= 11 is 0. The molecule has 1 aliphatic rings. The summed E-state index contributed by atoms with van der Waals surface area (Å²) in [7, 11) is -3.28. The highest BCUT2D eigenvalue weighted by atomic mass is 32.2. The minimum Gasteiger partial charge on any atom is -0.492 e. The van der Waals surface area contributed by atoms with Crippen molar-refractivity contribution in [2.75, 3.05) is 17.6 Å². The highest BCUT2D eigenvalue weighted by Gasteiger charge is 2.18. The van der Waals surface area contributed by atoms with Gasteiger partial charge in [-0.25, -0.2) is 8.42 Å². The van der Waals surface area contributed by atoms with Crippen molar-refractivity contribution in [3.8, 4) is 16.9 Å². The van der Waals surface area contributed by atoms with Crippen LogP contribution in [0.4, 0.5) is 5.69 Å². The van der Waals surface area contributed by atoms with Crippen LogP contribution in [0.15, 0.2) is 36.4 Å². The molecule has 5 heteroatoms. The van der Waals surface area contributed by atoms with Crippen LogP contribution in [0.5, 0.6) is 5.75 Å². The number of anilines is 1. The minimum absolute atomic E-state index is 0.564. The van der Waals surface area contributed by atoms with Crippen molar-refractivity contribution in [2.45, 2.75) is 13.3 Å². The summed E-state index contributed by atoms with van der Waals surface area (Å²) in [6.07, 6.45) is 2.07. The molecule has 0 radical (unpaired) electrons. The lowest BCUT2D eigenvalue weighted by atomic mass is 9.97. The largest absolute Gasteiger partial charge is 0.492 e. The highest BCUT2D eigenvalue weighted by Crippen LogP contribution is 2.39. The fourth-order valence-corrected chi connectivity index (χ4v) is 3.17. The van der Waals surface area contributed by atoms with Crippen molar-refractivity contribution in [2.24, 2.45) is 0 Å². The van der Waals surface area contributed by atoms with Crippen molar-refractivity contribution in [3.05, 3.63) is 47.5 Å². The van der Waals surface area contributed by atoms with Gasteiger partial charge in [0.25, 0.3) is 0 Å². The Morgan fingerprint density at radius 2 is 1.95 bits per heavy atom. The number of ether oxygens (including phenoxy) is 1. The molecule has 110 valence electrons. The Balaban J connectivity index is 2.10. The Morgan fingerprint density at radius 3 is 2.71 bits per heavy atom. The second kappa shape index (κ2) is 5.07. The lowest BCUT2D eigenvalue weighted by Crippen LogP contribution is -2.09. The van der Waals surface area contributed by atoms with E-state index in [4.69, 9.17) is 4.74 Å². The number of aryl methyl sites for hydroxylation is 1. The van der Waals surface area contributed by atoms with E-state index in [0.29, 0.717) is 12.3 Å². The molecular formula is C16H17NO3S. The molecule has 0 bridgehead atoms. The van der Waals surface area contributed by atoms with Crippen LogP contribution in [0.3, 0.4) is 0 Å². The molecule has 2 aromatic rings. The first-order valence-corrected chi connectivity index (χ1v) is 8.67. The van der Waals surface area contributed by atoms with Gasteiger partial charge in [-0.1, -0.05) is 24.3 Å². The van der Waals surface area contributed by atoms with Crippen molar-refractivity contribution in [3.63, 3.8) is 0 Å². The van der Waals surface area contributed by atoms with Gasteiger partial charge in [0, 0.05) is 17.7 Å². The smallest absolute Gasteiger partial charge is 0.229 e. The van der Waals surface area contributed by atoms with E-state index < -0.39 is 10.0 Å². The average Bonchev–Trinajstić information content (AvgIpc) is 2.87. The fourth-order valence-electron chi connectivity index (χ4n) is 2.62. The quantitative estimate of drug-likeness (QED) is 0.948. The molecule has 0 saturated carbocycles. The summed E-state index contributed by atoms with van der Waals surface area (Å²) in [6, 6.07) is 11.6. The molecule has 2 aromatic carbocycles. The van der Waals surface area contributed by atoms with Crippen LogP contribution in [0.1, 0.15) is 11.1 Å². The molecule has 0 spiro atoms. The molecule has 4 nitrogen and oxygen atoms in total. The number of sulfonamides is 1. The summed E-state index contributed by atoms with van der Waals surface area (Å²) in [6.45, 7) is 2.71. The summed E-state index contributed by atoms with van der Waals surface area (Å²) in [4.78, 5) is 0. The Hall–Kier alpha value is -2.01. The molecule has 3 rings (SSSR count).